The quantitative estimate of drug-likeness (QED) is 0.730. The third kappa shape index (κ3) is 2.25. The standard InChI is InChI=1S/C15H11BrFN3/c1-8-6-9(2-4-12(8)17)15-19-13-5-3-10(16)7-11(13)14(18)20-15/h2-7H,1H3,(H2,18,19,20). The van der Waals surface area contributed by atoms with E-state index in [1.165, 1.54) is 6.07 Å². The molecule has 0 amide bonds. The van der Waals surface area contributed by atoms with Gasteiger partial charge in [-0.1, -0.05) is 15.9 Å². The van der Waals surface area contributed by atoms with Crippen LogP contribution < -0.4 is 5.73 Å². The minimum absolute atomic E-state index is 0.244. The first-order valence-electron chi connectivity index (χ1n) is 6.04. The number of nitrogens with zero attached hydrogens (tertiary/aromatic N) is 2. The van der Waals surface area contributed by atoms with Crippen molar-refractivity contribution in [1.29, 1.82) is 0 Å². The van der Waals surface area contributed by atoms with E-state index < -0.39 is 0 Å². The number of aromatic nitrogens is 2. The second kappa shape index (κ2) is 4.83. The van der Waals surface area contributed by atoms with Crippen LogP contribution in [0.15, 0.2) is 40.9 Å². The maximum absolute atomic E-state index is 13.3. The van der Waals surface area contributed by atoms with Crippen LogP contribution in [0.2, 0.25) is 0 Å². The summed E-state index contributed by atoms with van der Waals surface area (Å²) in [7, 11) is 0. The van der Waals surface area contributed by atoms with E-state index in [0.29, 0.717) is 17.2 Å². The zero-order valence-corrected chi connectivity index (χ0v) is 12.3. The molecule has 0 saturated heterocycles. The molecule has 20 heavy (non-hydrogen) atoms. The molecule has 0 unspecified atom stereocenters. The molecule has 0 spiro atoms. The molecule has 0 radical (unpaired) electrons. The van der Waals surface area contributed by atoms with Crippen molar-refractivity contribution in [2.24, 2.45) is 0 Å². The van der Waals surface area contributed by atoms with Gasteiger partial charge >= 0.3 is 0 Å². The Morgan fingerprint density at radius 1 is 1.10 bits per heavy atom. The van der Waals surface area contributed by atoms with Crippen molar-refractivity contribution in [1.82, 2.24) is 9.97 Å². The van der Waals surface area contributed by atoms with Gasteiger partial charge in [-0.05, 0) is 48.9 Å². The van der Waals surface area contributed by atoms with Gasteiger partial charge in [0.2, 0.25) is 0 Å². The molecule has 2 aromatic carbocycles. The molecule has 0 fully saturated rings. The number of nitrogens with two attached hydrogens (primary N) is 1. The van der Waals surface area contributed by atoms with Gasteiger partial charge in [-0.15, -0.1) is 0 Å². The molecule has 1 heterocycles. The Morgan fingerprint density at radius 3 is 2.65 bits per heavy atom. The molecule has 0 aliphatic rings. The highest BCUT2D eigenvalue weighted by molar-refractivity contribution is 9.10. The fourth-order valence-corrected chi connectivity index (χ4v) is 2.40. The molecule has 3 aromatic rings. The predicted molar refractivity (Wildman–Crippen MR) is 81.8 cm³/mol. The third-order valence-corrected chi connectivity index (χ3v) is 3.60. The lowest BCUT2D eigenvalue weighted by atomic mass is 10.1. The second-order valence-corrected chi connectivity index (χ2v) is 5.47. The van der Waals surface area contributed by atoms with E-state index in [2.05, 4.69) is 25.9 Å². The molecule has 1 aromatic heterocycles. The van der Waals surface area contributed by atoms with E-state index in [1.54, 1.807) is 19.1 Å². The summed E-state index contributed by atoms with van der Waals surface area (Å²) in [6.07, 6.45) is 0. The van der Waals surface area contributed by atoms with Crippen molar-refractivity contribution in [2.75, 3.05) is 5.73 Å². The largest absolute Gasteiger partial charge is 0.383 e. The van der Waals surface area contributed by atoms with E-state index in [4.69, 9.17) is 5.73 Å². The lowest BCUT2D eigenvalue weighted by molar-refractivity contribution is 0.618. The van der Waals surface area contributed by atoms with Gasteiger partial charge < -0.3 is 5.73 Å². The number of rotatable bonds is 1. The Morgan fingerprint density at radius 2 is 1.90 bits per heavy atom. The maximum Gasteiger partial charge on any atom is 0.162 e. The molecule has 0 atom stereocenters. The Kier molecular flexibility index (Phi) is 3.14. The predicted octanol–water partition coefficient (Wildman–Crippen LogP) is 4.09. The van der Waals surface area contributed by atoms with Gasteiger partial charge in [0.15, 0.2) is 5.82 Å². The summed E-state index contributed by atoms with van der Waals surface area (Å²) in [5, 5.41) is 0.793. The molecule has 0 aliphatic carbocycles. The number of halogens is 2. The number of nitrogen functional groups attached to an aromatic ring is 1. The summed E-state index contributed by atoms with van der Waals surface area (Å²) in [5.41, 5.74) is 8.05. The number of aryl methyl sites for hydroxylation is 1. The highest BCUT2D eigenvalue weighted by atomic mass is 79.9. The van der Waals surface area contributed by atoms with E-state index >= 15 is 0 Å². The SMILES string of the molecule is Cc1cc(-c2nc(N)c3cc(Br)ccc3n2)ccc1F. The topological polar surface area (TPSA) is 51.8 Å². The molecule has 0 bridgehead atoms. The molecule has 2 N–H and O–H groups in total. The van der Waals surface area contributed by atoms with Crippen LogP contribution in [-0.4, -0.2) is 9.97 Å². The van der Waals surface area contributed by atoms with E-state index in [1.807, 2.05) is 18.2 Å². The first kappa shape index (κ1) is 13.0. The smallest absolute Gasteiger partial charge is 0.162 e. The molecule has 3 nitrogen and oxygen atoms in total. The van der Waals surface area contributed by atoms with Gasteiger partial charge in [0, 0.05) is 15.4 Å². The average Bonchev–Trinajstić information content (AvgIpc) is 2.42. The molecular formula is C15H11BrFN3. The average molecular weight is 332 g/mol. The van der Waals surface area contributed by atoms with Gasteiger partial charge in [0.1, 0.15) is 11.6 Å². The number of anilines is 1. The maximum atomic E-state index is 13.3. The molecule has 3 rings (SSSR count). The first-order valence-corrected chi connectivity index (χ1v) is 6.83. The van der Waals surface area contributed by atoms with Crippen molar-refractivity contribution in [2.45, 2.75) is 6.92 Å². The Labute approximate surface area is 123 Å². The van der Waals surface area contributed by atoms with Gasteiger partial charge in [-0.3, -0.25) is 0 Å². The monoisotopic (exact) mass is 331 g/mol. The molecule has 0 aliphatic heterocycles. The summed E-state index contributed by atoms with van der Waals surface area (Å²) >= 11 is 3.39. The lowest BCUT2D eigenvalue weighted by Crippen LogP contribution is -1.98. The minimum atomic E-state index is -0.244. The fraction of sp³-hybridized carbons (Fsp3) is 0.0667. The Hall–Kier alpha value is -2.01. The number of benzene rings is 2. The summed E-state index contributed by atoms with van der Waals surface area (Å²) in [6.45, 7) is 1.71. The highest BCUT2D eigenvalue weighted by Gasteiger charge is 2.09. The summed E-state index contributed by atoms with van der Waals surface area (Å²) in [4.78, 5) is 8.79. The van der Waals surface area contributed by atoms with Crippen molar-refractivity contribution >= 4 is 32.7 Å². The normalized spacial score (nSPS) is 10.9. The van der Waals surface area contributed by atoms with E-state index in [0.717, 1.165) is 20.9 Å². The highest BCUT2D eigenvalue weighted by Crippen LogP contribution is 2.26. The van der Waals surface area contributed by atoms with Crippen molar-refractivity contribution in [3.05, 3.63) is 52.3 Å². The van der Waals surface area contributed by atoms with E-state index in [-0.39, 0.29) is 5.82 Å². The summed E-state index contributed by atoms with van der Waals surface area (Å²) < 4.78 is 14.2. The van der Waals surface area contributed by atoms with Crippen molar-refractivity contribution in [3.63, 3.8) is 0 Å². The Bertz CT molecular complexity index is 818. The third-order valence-electron chi connectivity index (χ3n) is 3.10. The molecule has 5 heteroatoms. The molecule has 0 saturated carbocycles. The van der Waals surface area contributed by atoms with Crippen LogP contribution in [0.1, 0.15) is 5.56 Å². The van der Waals surface area contributed by atoms with Gasteiger partial charge in [-0.25, -0.2) is 14.4 Å². The van der Waals surface area contributed by atoms with Crippen LogP contribution in [0.4, 0.5) is 10.2 Å². The van der Waals surface area contributed by atoms with Crippen LogP contribution >= 0.6 is 15.9 Å². The lowest BCUT2D eigenvalue weighted by Gasteiger charge is -2.07. The van der Waals surface area contributed by atoms with Gasteiger partial charge in [0.25, 0.3) is 0 Å². The zero-order chi connectivity index (χ0) is 14.3. The number of hydrogen-bond donors (Lipinski definition) is 1. The second-order valence-electron chi connectivity index (χ2n) is 4.56. The van der Waals surface area contributed by atoms with Gasteiger partial charge in [-0.2, -0.15) is 0 Å². The summed E-state index contributed by atoms with van der Waals surface area (Å²) in [5.74, 6) is 0.667. The molecule has 100 valence electrons. The van der Waals surface area contributed by atoms with E-state index in [9.17, 15) is 4.39 Å². The number of hydrogen-bond acceptors (Lipinski definition) is 3. The van der Waals surface area contributed by atoms with Crippen molar-refractivity contribution < 1.29 is 4.39 Å². The minimum Gasteiger partial charge on any atom is -0.383 e. The van der Waals surface area contributed by atoms with Crippen LogP contribution in [0.5, 0.6) is 0 Å². The first-order chi connectivity index (χ1) is 9.54. The zero-order valence-electron chi connectivity index (χ0n) is 10.7. The van der Waals surface area contributed by atoms with Crippen LogP contribution in [0.3, 0.4) is 0 Å². The fourth-order valence-electron chi connectivity index (χ4n) is 2.04. The van der Waals surface area contributed by atoms with Crippen LogP contribution in [0, 0.1) is 12.7 Å². The van der Waals surface area contributed by atoms with Gasteiger partial charge in [0.05, 0.1) is 5.52 Å². The number of fused-ring (bicyclic) bond motifs is 1. The summed E-state index contributed by atoms with van der Waals surface area (Å²) in [6, 6.07) is 10.4. The van der Waals surface area contributed by atoms with Crippen LogP contribution in [0.25, 0.3) is 22.3 Å². The van der Waals surface area contributed by atoms with Crippen molar-refractivity contribution in [3.8, 4) is 11.4 Å². The Balaban J connectivity index is 2.21. The molecular weight excluding hydrogens is 321 g/mol. The van der Waals surface area contributed by atoms with Crippen LogP contribution in [-0.2, 0) is 0 Å².